The van der Waals surface area contributed by atoms with Crippen LogP contribution in [-0.4, -0.2) is 52.4 Å². The molecule has 2 aliphatic rings. The van der Waals surface area contributed by atoms with Crippen molar-refractivity contribution >= 4 is 5.91 Å². The lowest BCUT2D eigenvalue weighted by Gasteiger charge is -2.30. The predicted octanol–water partition coefficient (Wildman–Crippen LogP) is 1.22. The Bertz CT molecular complexity index is 569. The molecule has 1 aliphatic carbocycles. The van der Waals surface area contributed by atoms with Crippen molar-refractivity contribution in [1.29, 1.82) is 0 Å². The Kier molecular flexibility index (Phi) is 5.54. The van der Waals surface area contributed by atoms with E-state index in [2.05, 4.69) is 28.4 Å². The van der Waals surface area contributed by atoms with Crippen molar-refractivity contribution in [3.63, 3.8) is 0 Å². The number of benzene rings is 1. The standard InChI is InChI=1S/C19H28N2O3/c22-17(12-20-18(23)11-19(24)8-3-4-9-19)14-21-10-7-15-5-1-2-6-16(15)13-21/h1-2,5-6,17,22,24H,3-4,7-14H2,(H,20,23). The van der Waals surface area contributed by atoms with Gasteiger partial charge in [0.25, 0.3) is 0 Å². The minimum atomic E-state index is -0.828. The van der Waals surface area contributed by atoms with Crippen LogP contribution in [0.2, 0.25) is 0 Å². The predicted molar refractivity (Wildman–Crippen MR) is 92.5 cm³/mol. The van der Waals surface area contributed by atoms with Gasteiger partial charge in [0.15, 0.2) is 0 Å². The molecule has 1 aromatic rings. The van der Waals surface area contributed by atoms with E-state index in [1.807, 2.05) is 6.07 Å². The zero-order valence-electron chi connectivity index (χ0n) is 14.2. The van der Waals surface area contributed by atoms with Gasteiger partial charge in [-0.1, -0.05) is 37.1 Å². The number of fused-ring (bicyclic) bond motifs is 1. The highest BCUT2D eigenvalue weighted by atomic mass is 16.3. The summed E-state index contributed by atoms with van der Waals surface area (Å²) in [6.45, 7) is 2.58. The first-order valence-electron chi connectivity index (χ1n) is 9.00. The summed E-state index contributed by atoms with van der Waals surface area (Å²) in [5.74, 6) is -0.164. The summed E-state index contributed by atoms with van der Waals surface area (Å²) in [4.78, 5) is 14.2. The molecular weight excluding hydrogens is 304 g/mol. The normalized spacial score (nSPS) is 21.2. The van der Waals surface area contributed by atoms with Crippen LogP contribution in [0.4, 0.5) is 0 Å². The molecule has 24 heavy (non-hydrogen) atoms. The van der Waals surface area contributed by atoms with E-state index in [1.54, 1.807) is 0 Å². The zero-order valence-corrected chi connectivity index (χ0v) is 14.2. The first-order valence-corrected chi connectivity index (χ1v) is 9.00. The van der Waals surface area contributed by atoms with E-state index in [9.17, 15) is 15.0 Å². The molecule has 132 valence electrons. The number of rotatable bonds is 6. The summed E-state index contributed by atoms with van der Waals surface area (Å²) < 4.78 is 0. The van der Waals surface area contributed by atoms with E-state index in [1.165, 1.54) is 11.1 Å². The highest BCUT2D eigenvalue weighted by Gasteiger charge is 2.33. The molecule has 0 aromatic heterocycles. The third-order valence-corrected chi connectivity index (χ3v) is 5.24. The van der Waals surface area contributed by atoms with Gasteiger partial charge in [-0.3, -0.25) is 9.69 Å². The number of aliphatic hydroxyl groups excluding tert-OH is 1. The molecule has 5 nitrogen and oxygen atoms in total. The lowest BCUT2D eigenvalue weighted by atomic mass is 9.97. The van der Waals surface area contributed by atoms with Crippen LogP contribution in [-0.2, 0) is 17.8 Å². The number of carbonyl (C=O) groups excluding carboxylic acids is 1. The van der Waals surface area contributed by atoms with Gasteiger partial charge in [-0.15, -0.1) is 0 Å². The molecule has 0 saturated heterocycles. The maximum absolute atomic E-state index is 12.0. The Morgan fingerprint density at radius 2 is 1.96 bits per heavy atom. The maximum Gasteiger partial charge on any atom is 0.222 e. The molecule has 5 heteroatoms. The number of carbonyl (C=O) groups is 1. The van der Waals surface area contributed by atoms with Crippen molar-refractivity contribution < 1.29 is 15.0 Å². The molecule has 3 rings (SSSR count). The third-order valence-electron chi connectivity index (χ3n) is 5.24. The number of hydrogen-bond acceptors (Lipinski definition) is 4. The molecule has 1 aromatic carbocycles. The van der Waals surface area contributed by atoms with Crippen LogP contribution in [0.15, 0.2) is 24.3 Å². The van der Waals surface area contributed by atoms with Crippen molar-refractivity contribution in [2.45, 2.75) is 56.8 Å². The Morgan fingerprint density at radius 1 is 1.25 bits per heavy atom. The van der Waals surface area contributed by atoms with Crippen molar-refractivity contribution in [3.8, 4) is 0 Å². The summed E-state index contributed by atoms with van der Waals surface area (Å²) >= 11 is 0. The van der Waals surface area contributed by atoms with Gasteiger partial charge in [-0.25, -0.2) is 0 Å². The number of hydrogen-bond donors (Lipinski definition) is 3. The number of nitrogens with one attached hydrogen (secondary N) is 1. The average molecular weight is 332 g/mol. The molecule has 1 fully saturated rings. The first kappa shape index (κ1) is 17.4. The van der Waals surface area contributed by atoms with E-state index in [-0.39, 0.29) is 18.9 Å². The average Bonchev–Trinajstić information content (AvgIpc) is 2.99. The second-order valence-corrected chi connectivity index (χ2v) is 7.32. The molecule has 1 saturated carbocycles. The van der Waals surface area contributed by atoms with Gasteiger partial charge in [0.05, 0.1) is 18.1 Å². The van der Waals surface area contributed by atoms with E-state index in [0.717, 1.165) is 32.4 Å². The molecule has 0 radical (unpaired) electrons. The molecule has 3 N–H and O–H groups in total. The summed E-state index contributed by atoms with van der Waals surface area (Å²) in [5.41, 5.74) is 1.89. The Balaban J connectivity index is 1.40. The van der Waals surface area contributed by atoms with Crippen molar-refractivity contribution in [2.75, 3.05) is 19.6 Å². The second-order valence-electron chi connectivity index (χ2n) is 7.32. The highest BCUT2D eigenvalue weighted by molar-refractivity contribution is 5.77. The molecule has 1 atom stereocenters. The Morgan fingerprint density at radius 3 is 2.71 bits per heavy atom. The van der Waals surface area contributed by atoms with Crippen LogP contribution < -0.4 is 5.32 Å². The van der Waals surface area contributed by atoms with E-state index >= 15 is 0 Å². The summed E-state index contributed by atoms with van der Waals surface area (Å²) in [7, 11) is 0. The van der Waals surface area contributed by atoms with Gasteiger partial charge in [0.1, 0.15) is 0 Å². The van der Waals surface area contributed by atoms with Gasteiger partial charge < -0.3 is 15.5 Å². The van der Waals surface area contributed by atoms with Crippen LogP contribution in [0.1, 0.15) is 43.2 Å². The number of β-amino-alcohol motifs (C(OH)–C–C–N with tert-alkyl or cyclic N) is 1. The lowest BCUT2D eigenvalue weighted by Crippen LogP contribution is -2.43. The van der Waals surface area contributed by atoms with E-state index in [4.69, 9.17) is 0 Å². The fourth-order valence-corrected chi connectivity index (χ4v) is 3.88. The van der Waals surface area contributed by atoms with E-state index < -0.39 is 11.7 Å². The fourth-order valence-electron chi connectivity index (χ4n) is 3.88. The smallest absolute Gasteiger partial charge is 0.222 e. The lowest BCUT2D eigenvalue weighted by molar-refractivity contribution is -0.126. The summed E-state index contributed by atoms with van der Waals surface area (Å²) in [5, 5.41) is 23.2. The van der Waals surface area contributed by atoms with Crippen LogP contribution in [0.5, 0.6) is 0 Å². The maximum atomic E-state index is 12.0. The van der Waals surface area contributed by atoms with Crippen LogP contribution in [0, 0.1) is 0 Å². The monoisotopic (exact) mass is 332 g/mol. The fraction of sp³-hybridized carbons (Fsp3) is 0.632. The van der Waals surface area contributed by atoms with Crippen LogP contribution in [0.3, 0.4) is 0 Å². The minimum absolute atomic E-state index is 0.150. The van der Waals surface area contributed by atoms with Gasteiger partial charge in [-0.05, 0) is 30.4 Å². The largest absolute Gasteiger partial charge is 0.390 e. The van der Waals surface area contributed by atoms with Crippen LogP contribution in [0.25, 0.3) is 0 Å². The van der Waals surface area contributed by atoms with Crippen molar-refractivity contribution in [3.05, 3.63) is 35.4 Å². The molecule has 1 amide bonds. The van der Waals surface area contributed by atoms with Gasteiger partial charge in [-0.2, -0.15) is 0 Å². The molecule has 0 spiro atoms. The number of amides is 1. The quantitative estimate of drug-likeness (QED) is 0.732. The Labute approximate surface area is 143 Å². The van der Waals surface area contributed by atoms with Gasteiger partial charge in [0.2, 0.25) is 5.91 Å². The summed E-state index contributed by atoms with van der Waals surface area (Å²) in [6.07, 6.45) is 3.95. The molecular formula is C19H28N2O3. The zero-order chi connectivity index (χ0) is 17.0. The summed E-state index contributed by atoms with van der Waals surface area (Å²) in [6, 6.07) is 8.42. The highest BCUT2D eigenvalue weighted by Crippen LogP contribution is 2.32. The second kappa shape index (κ2) is 7.64. The van der Waals surface area contributed by atoms with Gasteiger partial charge >= 0.3 is 0 Å². The number of nitrogens with zero attached hydrogens (tertiary/aromatic N) is 1. The van der Waals surface area contributed by atoms with Gasteiger partial charge in [0, 0.05) is 26.2 Å². The molecule has 1 aliphatic heterocycles. The molecule has 1 heterocycles. The molecule has 0 bridgehead atoms. The Hall–Kier alpha value is -1.43. The van der Waals surface area contributed by atoms with E-state index in [0.29, 0.717) is 19.4 Å². The third kappa shape index (κ3) is 4.56. The molecule has 1 unspecified atom stereocenters. The van der Waals surface area contributed by atoms with Crippen LogP contribution >= 0.6 is 0 Å². The minimum Gasteiger partial charge on any atom is -0.390 e. The first-order chi connectivity index (χ1) is 11.5. The SMILES string of the molecule is O=C(CC1(O)CCCC1)NCC(O)CN1CCc2ccccc2C1. The van der Waals surface area contributed by atoms with Crippen molar-refractivity contribution in [2.24, 2.45) is 0 Å². The van der Waals surface area contributed by atoms with Crippen molar-refractivity contribution in [1.82, 2.24) is 10.2 Å². The topological polar surface area (TPSA) is 72.8 Å². The number of aliphatic hydroxyl groups is 2.